The number of carbonyl (C=O) groups excluding carboxylic acids is 1. The zero-order valence-electron chi connectivity index (χ0n) is 16.7. The third-order valence-corrected chi connectivity index (χ3v) is 4.75. The smallest absolute Gasteiger partial charge is 0.287 e. The van der Waals surface area contributed by atoms with E-state index in [9.17, 15) is 4.79 Å². The van der Waals surface area contributed by atoms with Crippen LogP contribution < -0.4 is 19.5 Å². The number of nitrogens with one attached hydrogen (secondary N) is 1. The van der Waals surface area contributed by atoms with Crippen molar-refractivity contribution in [3.63, 3.8) is 0 Å². The van der Waals surface area contributed by atoms with Gasteiger partial charge in [-0.2, -0.15) is 4.52 Å². The third kappa shape index (κ3) is 4.45. The summed E-state index contributed by atoms with van der Waals surface area (Å²) >= 11 is 3.16. The Kier molecular flexibility index (Phi) is 6.03. The minimum Gasteiger partial charge on any atom is -0.497 e. The largest absolute Gasteiger partial charge is 0.497 e. The van der Waals surface area contributed by atoms with E-state index in [2.05, 4.69) is 36.5 Å². The molecule has 3 heterocycles. The zero-order chi connectivity index (χ0) is 21.8. The predicted molar refractivity (Wildman–Crippen MR) is 114 cm³/mol. The number of hydrogen-bond acceptors (Lipinski definition) is 8. The second-order valence-electron chi connectivity index (χ2n) is 6.24. The van der Waals surface area contributed by atoms with Crippen molar-refractivity contribution >= 4 is 27.5 Å². The summed E-state index contributed by atoms with van der Waals surface area (Å²) in [5, 5.41) is 15.6. The molecule has 4 rings (SSSR count). The molecule has 10 nitrogen and oxygen atoms in total. The lowest BCUT2D eigenvalue weighted by atomic mass is 10.2. The summed E-state index contributed by atoms with van der Waals surface area (Å²) in [7, 11) is 3.16. The Hall–Kier alpha value is -3.60. The zero-order valence-corrected chi connectivity index (χ0v) is 18.2. The highest BCUT2D eigenvalue weighted by atomic mass is 79.9. The van der Waals surface area contributed by atoms with E-state index in [1.165, 1.54) is 0 Å². The van der Waals surface area contributed by atoms with Crippen LogP contribution in [0.3, 0.4) is 0 Å². The Morgan fingerprint density at radius 1 is 1.13 bits per heavy atom. The second-order valence-corrected chi connectivity index (χ2v) is 7.02. The van der Waals surface area contributed by atoms with Gasteiger partial charge in [0.1, 0.15) is 18.1 Å². The molecule has 0 saturated heterocycles. The first-order valence-electron chi connectivity index (χ1n) is 9.20. The van der Waals surface area contributed by atoms with Gasteiger partial charge in [0.2, 0.25) is 5.88 Å². The van der Waals surface area contributed by atoms with Crippen molar-refractivity contribution in [2.75, 3.05) is 27.4 Å². The van der Waals surface area contributed by atoms with E-state index in [4.69, 9.17) is 18.6 Å². The molecular weight excluding hydrogens is 470 g/mol. The summed E-state index contributed by atoms with van der Waals surface area (Å²) in [4.78, 5) is 12.0. The number of halogens is 1. The molecule has 160 valence electrons. The predicted octanol–water partition coefficient (Wildman–Crippen LogP) is 2.97. The standard InChI is InChI=1S/C20H18BrN5O5/c1-28-12-3-4-14(29-2)13(11-12)19-24-23-17-7-8-18(25-26(17)19)30-10-9-22-20(27)15-5-6-16(21)31-15/h3-8,11H,9-10H2,1-2H3,(H,22,27). The van der Waals surface area contributed by atoms with Crippen molar-refractivity contribution in [3.05, 3.63) is 52.9 Å². The SMILES string of the molecule is COc1ccc(OC)c(-c2nnc3ccc(OCCNC(=O)c4ccc(Br)o4)nn23)c1. The van der Waals surface area contributed by atoms with Crippen LogP contribution in [0.4, 0.5) is 0 Å². The summed E-state index contributed by atoms with van der Waals surface area (Å²) in [5.41, 5.74) is 1.22. The highest BCUT2D eigenvalue weighted by molar-refractivity contribution is 9.10. The minimum atomic E-state index is -0.330. The highest BCUT2D eigenvalue weighted by Gasteiger charge is 2.16. The van der Waals surface area contributed by atoms with Crippen LogP contribution in [0.15, 0.2) is 51.6 Å². The molecule has 0 aliphatic carbocycles. The summed E-state index contributed by atoms with van der Waals surface area (Å²) in [5.74, 6) is 1.98. The summed E-state index contributed by atoms with van der Waals surface area (Å²) in [6.45, 7) is 0.488. The van der Waals surface area contributed by atoms with Gasteiger partial charge in [-0.1, -0.05) is 0 Å². The van der Waals surface area contributed by atoms with Gasteiger partial charge in [-0.05, 0) is 52.3 Å². The first-order chi connectivity index (χ1) is 15.1. The van der Waals surface area contributed by atoms with E-state index in [0.717, 1.165) is 0 Å². The number of fused-ring (bicyclic) bond motifs is 1. The van der Waals surface area contributed by atoms with E-state index in [0.29, 0.717) is 39.1 Å². The first kappa shape index (κ1) is 20.7. The van der Waals surface area contributed by atoms with Gasteiger partial charge >= 0.3 is 0 Å². The van der Waals surface area contributed by atoms with Gasteiger partial charge < -0.3 is 23.9 Å². The Labute approximate surface area is 185 Å². The topological polar surface area (TPSA) is 113 Å². The molecule has 1 aromatic carbocycles. The summed E-state index contributed by atoms with van der Waals surface area (Å²) in [6, 6.07) is 12.0. The molecule has 0 radical (unpaired) electrons. The fourth-order valence-corrected chi connectivity index (χ4v) is 3.16. The number of carbonyl (C=O) groups is 1. The number of amides is 1. The molecule has 1 amide bonds. The number of aromatic nitrogens is 4. The monoisotopic (exact) mass is 487 g/mol. The molecule has 11 heteroatoms. The van der Waals surface area contributed by atoms with Crippen molar-refractivity contribution in [2.24, 2.45) is 0 Å². The van der Waals surface area contributed by atoms with Crippen LogP contribution in [0.5, 0.6) is 17.4 Å². The van der Waals surface area contributed by atoms with E-state index in [-0.39, 0.29) is 24.8 Å². The number of nitrogens with zero attached hydrogens (tertiary/aromatic N) is 4. The molecule has 31 heavy (non-hydrogen) atoms. The van der Waals surface area contributed by atoms with Gasteiger partial charge in [-0.15, -0.1) is 15.3 Å². The van der Waals surface area contributed by atoms with Crippen LogP contribution in [0, 0.1) is 0 Å². The first-order valence-corrected chi connectivity index (χ1v) is 9.99. The van der Waals surface area contributed by atoms with Crippen LogP contribution in [0.25, 0.3) is 17.0 Å². The van der Waals surface area contributed by atoms with Gasteiger partial charge in [0.25, 0.3) is 5.91 Å². The molecule has 0 saturated carbocycles. The maximum atomic E-state index is 12.0. The normalized spacial score (nSPS) is 10.8. The summed E-state index contributed by atoms with van der Waals surface area (Å²) < 4.78 is 23.7. The number of furan rings is 1. The molecule has 1 N–H and O–H groups in total. The van der Waals surface area contributed by atoms with E-state index < -0.39 is 0 Å². The second kappa shape index (κ2) is 9.04. The molecular formula is C20H18BrN5O5. The molecule has 0 aliphatic heterocycles. The van der Waals surface area contributed by atoms with E-state index >= 15 is 0 Å². The number of rotatable bonds is 8. The number of ether oxygens (including phenoxy) is 3. The van der Waals surface area contributed by atoms with Crippen molar-refractivity contribution < 1.29 is 23.4 Å². The lowest BCUT2D eigenvalue weighted by molar-refractivity contribution is 0.0917. The van der Waals surface area contributed by atoms with Crippen molar-refractivity contribution in [2.45, 2.75) is 0 Å². The van der Waals surface area contributed by atoms with Gasteiger partial charge in [0.15, 0.2) is 21.9 Å². The van der Waals surface area contributed by atoms with E-state index in [1.807, 2.05) is 0 Å². The van der Waals surface area contributed by atoms with Crippen LogP contribution in [-0.4, -0.2) is 53.1 Å². The Morgan fingerprint density at radius 2 is 2.00 bits per heavy atom. The van der Waals surface area contributed by atoms with Gasteiger partial charge in [-0.25, -0.2) is 0 Å². The Bertz CT molecular complexity index is 1220. The summed E-state index contributed by atoms with van der Waals surface area (Å²) in [6.07, 6.45) is 0. The number of hydrogen-bond donors (Lipinski definition) is 1. The molecule has 0 atom stereocenters. The van der Waals surface area contributed by atoms with Crippen molar-refractivity contribution in [3.8, 4) is 28.8 Å². The third-order valence-electron chi connectivity index (χ3n) is 4.32. The van der Waals surface area contributed by atoms with Gasteiger partial charge in [-0.3, -0.25) is 4.79 Å². The van der Waals surface area contributed by atoms with Crippen LogP contribution >= 0.6 is 15.9 Å². The molecule has 3 aromatic heterocycles. The molecule has 0 bridgehead atoms. The van der Waals surface area contributed by atoms with Crippen LogP contribution in [0.1, 0.15) is 10.6 Å². The van der Waals surface area contributed by atoms with Crippen molar-refractivity contribution in [1.29, 1.82) is 0 Å². The Balaban J connectivity index is 1.48. The number of benzene rings is 1. The molecule has 0 fully saturated rings. The molecule has 0 spiro atoms. The highest BCUT2D eigenvalue weighted by Crippen LogP contribution is 2.32. The van der Waals surface area contributed by atoms with E-state index in [1.54, 1.807) is 61.2 Å². The lowest BCUT2D eigenvalue weighted by Crippen LogP contribution is -2.27. The Morgan fingerprint density at radius 3 is 2.74 bits per heavy atom. The maximum Gasteiger partial charge on any atom is 0.287 e. The van der Waals surface area contributed by atoms with Gasteiger partial charge in [0.05, 0.1) is 26.3 Å². The van der Waals surface area contributed by atoms with Crippen LogP contribution in [-0.2, 0) is 0 Å². The maximum absolute atomic E-state index is 12.0. The average molecular weight is 488 g/mol. The molecule has 4 aromatic rings. The minimum absolute atomic E-state index is 0.214. The van der Waals surface area contributed by atoms with Crippen LogP contribution in [0.2, 0.25) is 0 Å². The number of methoxy groups -OCH3 is 2. The molecule has 0 aliphatic rings. The quantitative estimate of drug-likeness (QED) is 0.377. The van der Waals surface area contributed by atoms with Crippen molar-refractivity contribution in [1.82, 2.24) is 25.1 Å². The molecule has 0 unspecified atom stereocenters. The fourth-order valence-electron chi connectivity index (χ4n) is 2.85. The average Bonchev–Trinajstić information content (AvgIpc) is 3.42. The lowest BCUT2D eigenvalue weighted by Gasteiger charge is -2.10. The van der Waals surface area contributed by atoms with Gasteiger partial charge in [0, 0.05) is 6.07 Å². The fraction of sp³-hybridized carbons (Fsp3) is 0.200.